The molecule has 0 aliphatic rings. The van der Waals surface area contributed by atoms with Gasteiger partial charge in [0.15, 0.2) is 6.61 Å². The first kappa shape index (κ1) is 19.6. The van der Waals surface area contributed by atoms with Gasteiger partial charge in [0.1, 0.15) is 11.6 Å². The van der Waals surface area contributed by atoms with Crippen LogP contribution in [0.1, 0.15) is 39.5 Å². The van der Waals surface area contributed by atoms with Crippen LogP contribution in [-0.2, 0) is 9.53 Å². The molecule has 2 rings (SSSR count). The molecule has 26 heavy (non-hydrogen) atoms. The Labute approximate surface area is 149 Å². The lowest BCUT2D eigenvalue weighted by Crippen LogP contribution is -2.21. The van der Waals surface area contributed by atoms with Gasteiger partial charge in [-0.2, -0.15) is 4.98 Å². The van der Waals surface area contributed by atoms with Crippen LogP contribution in [0.4, 0.5) is 8.78 Å². The molecule has 1 N–H and O–H groups in total. The number of aromatic nitrogens is 3. The minimum Gasteiger partial charge on any atom is -0.460 e. The fourth-order valence-corrected chi connectivity index (χ4v) is 2.31. The highest BCUT2D eigenvalue weighted by Gasteiger charge is 2.18. The van der Waals surface area contributed by atoms with Crippen LogP contribution in [0.3, 0.4) is 0 Å². The van der Waals surface area contributed by atoms with Gasteiger partial charge in [0.2, 0.25) is 5.82 Å². The molecular weight excluding hydrogens is 348 g/mol. The fraction of sp³-hybridized carbons (Fsp3) is 0.471. The molecule has 0 aliphatic carbocycles. The first-order valence-corrected chi connectivity index (χ1v) is 8.34. The summed E-state index contributed by atoms with van der Waals surface area (Å²) in [5.74, 6) is -2.56. The summed E-state index contributed by atoms with van der Waals surface area (Å²) in [4.78, 5) is 15.8. The quantitative estimate of drug-likeness (QED) is 0.414. The lowest BCUT2D eigenvalue weighted by molar-refractivity contribution is -0.151. The molecule has 1 heterocycles. The first-order valence-electron chi connectivity index (χ1n) is 8.34. The van der Waals surface area contributed by atoms with E-state index in [0.29, 0.717) is 10.9 Å². The van der Waals surface area contributed by atoms with Crippen molar-refractivity contribution in [2.75, 3.05) is 6.61 Å². The van der Waals surface area contributed by atoms with Gasteiger partial charge in [0.05, 0.1) is 11.7 Å². The first-order chi connectivity index (χ1) is 12.4. The lowest BCUT2D eigenvalue weighted by atomic mass is 10.1. The van der Waals surface area contributed by atoms with Crippen LogP contribution in [0.2, 0.25) is 0 Å². The van der Waals surface area contributed by atoms with Crippen molar-refractivity contribution in [3.63, 3.8) is 0 Å². The molecule has 142 valence electrons. The van der Waals surface area contributed by atoms with Crippen molar-refractivity contribution in [2.24, 2.45) is 0 Å². The van der Waals surface area contributed by atoms with Crippen molar-refractivity contribution in [1.82, 2.24) is 14.9 Å². The Hall–Kier alpha value is -2.71. The molecule has 2 aromatic rings. The summed E-state index contributed by atoms with van der Waals surface area (Å²) < 4.78 is 37.0. The highest BCUT2D eigenvalue weighted by atomic mass is 19.1. The summed E-state index contributed by atoms with van der Waals surface area (Å²) in [5.41, 5.74) is -0.164. The molecule has 1 atom stereocenters. The van der Waals surface area contributed by atoms with Gasteiger partial charge in [0, 0.05) is 6.07 Å². The van der Waals surface area contributed by atoms with E-state index in [-0.39, 0.29) is 23.5 Å². The predicted octanol–water partition coefficient (Wildman–Crippen LogP) is 3.35. The standard InChI is InChI=1S/C17H21F2N3O4/c1-3-4-5-6-11(2)26-15(23)10-25-17-20-16(22(24)21-17)13-8-7-12(18)9-14(13)19/h7-9,11,24H,3-6,10H2,1-2H3. The summed E-state index contributed by atoms with van der Waals surface area (Å²) in [7, 11) is 0. The number of halogens is 2. The molecule has 0 spiro atoms. The van der Waals surface area contributed by atoms with E-state index < -0.39 is 24.2 Å². The Morgan fingerprint density at radius 3 is 2.81 bits per heavy atom. The van der Waals surface area contributed by atoms with E-state index in [2.05, 4.69) is 17.0 Å². The average molecular weight is 369 g/mol. The summed E-state index contributed by atoms with van der Waals surface area (Å²) >= 11 is 0. The third-order valence-electron chi connectivity index (χ3n) is 3.61. The maximum atomic E-state index is 13.8. The molecule has 1 aromatic carbocycles. The number of hydrogen-bond donors (Lipinski definition) is 1. The van der Waals surface area contributed by atoms with Crippen LogP contribution in [0, 0.1) is 11.6 Å². The molecule has 0 saturated heterocycles. The number of ether oxygens (including phenoxy) is 2. The van der Waals surface area contributed by atoms with Crippen LogP contribution in [-0.4, -0.2) is 38.8 Å². The summed E-state index contributed by atoms with van der Waals surface area (Å²) in [6, 6.07) is 2.45. The summed E-state index contributed by atoms with van der Waals surface area (Å²) in [6.07, 6.45) is 3.64. The summed E-state index contributed by atoms with van der Waals surface area (Å²) in [5, 5.41) is 13.2. The number of carbonyl (C=O) groups excluding carboxylic acids is 1. The maximum absolute atomic E-state index is 13.8. The van der Waals surface area contributed by atoms with Crippen LogP contribution in [0.5, 0.6) is 6.01 Å². The number of carbonyl (C=O) groups is 1. The average Bonchev–Trinajstić information content (AvgIpc) is 2.94. The Kier molecular flexibility index (Phi) is 6.88. The fourth-order valence-electron chi connectivity index (χ4n) is 2.31. The van der Waals surface area contributed by atoms with E-state index in [0.717, 1.165) is 37.8 Å². The topological polar surface area (TPSA) is 86.5 Å². The Bertz CT molecular complexity index is 752. The van der Waals surface area contributed by atoms with Gasteiger partial charge in [-0.25, -0.2) is 13.6 Å². The third kappa shape index (κ3) is 5.40. The zero-order valence-electron chi connectivity index (χ0n) is 14.6. The van der Waals surface area contributed by atoms with Crippen molar-refractivity contribution >= 4 is 5.97 Å². The lowest BCUT2D eigenvalue weighted by Gasteiger charge is -2.12. The zero-order valence-corrected chi connectivity index (χ0v) is 14.6. The molecular formula is C17H21F2N3O4. The van der Waals surface area contributed by atoms with Crippen LogP contribution in [0.25, 0.3) is 11.4 Å². The van der Waals surface area contributed by atoms with Crippen molar-refractivity contribution < 1.29 is 28.3 Å². The second kappa shape index (κ2) is 9.12. The number of unbranched alkanes of at least 4 members (excludes halogenated alkanes) is 2. The SMILES string of the molecule is CCCCCC(C)OC(=O)COc1nc(-c2ccc(F)cc2F)n(O)n1. The van der Waals surface area contributed by atoms with E-state index in [1.807, 2.05) is 0 Å². The molecule has 0 aliphatic heterocycles. The van der Waals surface area contributed by atoms with Crippen molar-refractivity contribution in [2.45, 2.75) is 45.6 Å². The van der Waals surface area contributed by atoms with Gasteiger partial charge < -0.3 is 14.7 Å². The van der Waals surface area contributed by atoms with Crippen LogP contribution in [0.15, 0.2) is 18.2 Å². The Morgan fingerprint density at radius 1 is 1.35 bits per heavy atom. The largest absolute Gasteiger partial charge is 0.460 e. The van der Waals surface area contributed by atoms with Crippen molar-refractivity contribution in [1.29, 1.82) is 0 Å². The van der Waals surface area contributed by atoms with Crippen molar-refractivity contribution in [3.8, 4) is 17.4 Å². The molecule has 0 amide bonds. The number of rotatable bonds is 9. The van der Waals surface area contributed by atoms with E-state index >= 15 is 0 Å². The minimum absolute atomic E-state index is 0.164. The zero-order chi connectivity index (χ0) is 19.1. The van der Waals surface area contributed by atoms with Crippen LogP contribution < -0.4 is 4.74 Å². The van der Waals surface area contributed by atoms with Gasteiger partial charge in [-0.05, 0) is 31.9 Å². The Balaban J connectivity index is 1.92. The number of esters is 1. The minimum atomic E-state index is -0.917. The molecule has 9 heteroatoms. The molecule has 7 nitrogen and oxygen atoms in total. The monoisotopic (exact) mass is 369 g/mol. The highest BCUT2D eigenvalue weighted by molar-refractivity contribution is 5.71. The predicted molar refractivity (Wildman–Crippen MR) is 87.7 cm³/mol. The van der Waals surface area contributed by atoms with E-state index in [9.17, 15) is 18.8 Å². The molecule has 0 bridgehead atoms. The maximum Gasteiger partial charge on any atom is 0.344 e. The van der Waals surface area contributed by atoms with Crippen molar-refractivity contribution in [3.05, 3.63) is 29.8 Å². The van der Waals surface area contributed by atoms with Gasteiger partial charge in [0.25, 0.3) is 0 Å². The van der Waals surface area contributed by atoms with Gasteiger partial charge in [-0.15, -0.1) is 0 Å². The number of nitrogens with zero attached hydrogens (tertiary/aromatic N) is 3. The molecule has 0 saturated carbocycles. The van der Waals surface area contributed by atoms with E-state index in [4.69, 9.17) is 9.47 Å². The third-order valence-corrected chi connectivity index (χ3v) is 3.61. The van der Waals surface area contributed by atoms with E-state index in [1.165, 1.54) is 0 Å². The smallest absolute Gasteiger partial charge is 0.344 e. The Morgan fingerprint density at radius 2 is 2.12 bits per heavy atom. The number of hydrogen-bond acceptors (Lipinski definition) is 6. The van der Waals surface area contributed by atoms with Gasteiger partial charge in [-0.3, -0.25) is 0 Å². The summed E-state index contributed by atoms with van der Waals surface area (Å²) in [6.45, 7) is 3.43. The van der Waals surface area contributed by atoms with Gasteiger partial charge in [-0.1, -0.05) is 29.7 Å². The second-order valence-electron chi connectivity index (χ2n) is 5.82. The molecule has 0 radical (unpaired) electrons. The van der Waals surface area contributed by atoms with Crippen LogP contribution >= 0.6 is 0 Å². The highest BCUT2D eigenvalue weighted by Crippen LogP contribution is 2.22. The van der Waals surface area contributed by atoms with Gasteiger partial charge >= 0.3 is 12.0 Å². The molecule has 1 aromatic heterocycles. The molecule has 0 fully saturated rings. The van der Waals surface area contributed by atoms with E-state index in [1.54, 1.807) is 6.92 Å². The second-order valence-corrected chi connectivity index (χ2v) is 5.82. The molecule has 1 unspecified atom stereocenters. The normalized spacial score (nSPS) is 12.0. The number of benzene rings is 1.